The standard InChI is InChI=1S/C4H13N3O3/c1-8-5-4(6-9-2)7-10-3/h4-7H,1-3H3. The topological polar surface area (TPSA) is 63.8 Å². The maximum Gasteiger partial charge on any atom is 0.177 e. The summed E-state index contributed by atoms with van der Waals surface area (Å²) in [5.74, 6) is 0. The third-order valence-corrected chi connectivity index (χ3v) is 0.707. The second-order valence-electron chi connectivity index (χ2n) is 1.40. The van der Waals surface area contributed by atoms with Crippen molar-refractivity contribution in [2.45, 2.75) is 6.29 Å². The van der Waals surface area contributed by atoms with Crippen LogP contribution in [-0.2, 0) is 14.5 Å². The van der Waals surface area contributed by atoms with Crippen molar-refractivity contribution in [1.82, 2.24) is 16.4 Å². The predicted octanol–water partition coefficient (Wildman–Crippen LogP) is -1.28. The second kappa shape index (κ2) is 6.87. The molecule has 0 saturated carbocycles. The summed E-state index contributed by atoms with van der Waals surface area (Å²) in [4.78, 5) is 13.7. The van der Waals surface area contributed by atoms with Gasteiger partial charge in [0.05, 0.1) is 21.3 Å². The third-order valence-electron chi connectivity index (χ3n) is 0.707. The summed E-state index contributed by atoms with van der Waals surface area (Å²) < 4.78 is 0. The van der Waals surface area contributed by atoms with Crippen LogP contribution in [0.4, 0.5) is 0 Å². The first-order chi connectivity index (χ1) is 4.85. The molecule has 0 heterocycles. The third kappa shape index (κ3) is 4.62. The molecule has 0 aromatic rings. The van der Waals surface area contributed by atoms with Gasteiger partial charge in [0.15, 0.2) is 6.29 Å². The van der Waals surface area contributed by atoms with Crippen LogP contribution in [0, 0.1) is 0 Å². The zero-order chi connectivity index (χ0) is 7.82. The van der Waals surface area contributed by atoms with Gasteiger partial charge in [-0.2, -0.15) is 16.4 Å². The van der Waals surface area contributed by atoms with E-state index in [1.165, 1.54) is 21.3 Å². The van der Waals surface area contributed by atoms with E-state index in [4.69, 9.17) is 0 Å². The molecular formula is C4H13N3O3. The van der Waals surface area contributed by atoms with Gasteiger partial charge in [0, 0.05) is 0 Å². The van der Waals surface area contributed by atoms with Crippen molar-refractivity contribution in [3.8, 4) is 0 Å². The van der Waals surface area contributed by atoms with Crippen LogP contribution in [0.25, 0.3) is 0 Å². The molecule has 0 aromatic carbocycles. The van der Waals surface area contributed by atoms with Crippen LogP contribution in [0.3, 0.4) is 0 Å². The Morgan fingerprint density at radius 3 is 1.30 bits per heavy atom. The van der Waals surface area contributed by atoms with Gasteiger partial charge in [0.25, 0.3) is 0 Å². The second-order valence-corrected chi connectivity index (χ2v) is 1.40. The fraction of sp³-hybridized carbons (Fsp3) is 1.00. The van der Waals surface area contributed by atoms with Gasteiger partial charge in [-0.1, -0.05) is 0 Å². The molecule has 0 aliphatic carbocycles. The highest BCUT2D eigenvalue weighted by Gasteiger charge is 2.02. The average Bonchev–Trinajstić information content (AvgIpc) is 1.90. The van der Waals surface area contributed by atoms with E-state index in [1.807, 2.05) is 0 Å². The average molecular weight is 151 g/mol. The van der Waals surface area contributed by atoms with Crippen LogP contribution in [-0.4, -0.2) is 27.6 Å². The summed E-state index contributed by atoms with van der Waals surface area (Å²) in [5.41, 5.74) is 7.54. The van der Waals surface area contributed by atoms with E-state index in [0.29, 0.717) is 0 Å². The van der Waals surface area contributed by atoms with Crippen LogP contribution in [0.5, 0.6) is 0 Å². The van der Waals surface area contributed by atoms with Crippen LogP contribution in [0.1, 0.15) is 0 Å². The van der Waals surface area contributed by atoms with Crippen LogP contribution in [0.2, 0.25) is 0 Å². The highest BCUT2D eigenvalue weighted by Crippen LogP contribution is 1.69. The van der Waals surface area contributed by atoms with Crippen molar-refractivity contribution < 1.29 is 14.5 Å². The number of hydrogen-bond acceptors (Lipinski definition) is 6. The van der Waals surface area contributed by atoms with E-state index in [0.717, 1.165) is 0 Å². The first-order valence-electron chi connectivity index (χ1n) is 2.70. The molecule has 3 N–H and O–H groups in total. The lowest BCUT2D eigenvalue weighted by Gasteiger charge is -2.16. The van der Waals surface area contributed by atoms with Crippen molar-refractivity contribution in [1.29, 1.82) is 0 Å². The summed E-state index contributed by atoms with van der Waals surface area (Å²) in [6.45, 7) is 0. The zero-order valence-electron chi connectivity index (χ0n) is 6.30. The van der Waals surface area contributed by atoms with E-state index >= 15 is 0 Å². The largest absolute Gasteiger partial charge is 0.302 e. The van der Waals surface area contributed by atoms with Gasteiger partial charge in [0.1, 0.15) is 0 Å². The maximum absolute atomic E-state index is 4.57. The van der Waals surface area contributed by atoms with Gasteiger partial charge in [0.2, 0.25) is 0 Å². The highest BCUT2D eigenvalue weighted by atomic mass is 16.7. The Bertz CT molecular complexity index is 58.5. The molecule has 10 heavy (non-hydrogen) atoms. The van der Waals surface area contributed by atoms with Crippen molar-refractivity contribution in [3.63, 3.8) is 0 Å². The first-order valence-corrected chi connectivity index (χ1v) is 2.70. The number of rotatable bonds is 6. The molecule has 6 heteroatoms. The van der Waals surface area contributed by atoms with Gasteiger partial charge in [-0.15, -0.1) is 0 Å². The molecule has 0 amide bonds. The molecule has 0 saturated heterocycles. The molecule has 0 rings (SSSR count). The molecule has 0 radical (unpaired) electrons. The molecule has 0 aliphatic rings. The summed E-state index contributed by atoms with van der Waals surface area (Å²) >= 11 is 0. The molecule has 0 bridgehead atoms. The summed E-state index contributed by atoms with van der Waals surface area (Å²) in [6.07, 6.45) is -0.389. The minimum absolute atomic E-state index is 0.389. The summed E-state index contributed by atoms with van der Waals surface area (Å²) in [5, 5.41) is 0. The lowest BCUT2D eigenvalue weighted by atomic mass is 10.9. The van der Waals surface area contributed by atoms with E-state index in [1.54, 1.807) is 0 Å². The Hall–Kier alpha value is -0.240. The molecule has 0 fully saturated rings. The molecule has 0 unspecified atom stereocenters. The normalized spacial score (nSPS) is 10.8. The minimum Gasteiger partial charge on any atom is -0.302 e. The molecule has 6 nitrogen and oxygen atoms in total. The molecule has 0 aliphatic heterocycles. The zero-order valence-corrected chi connectivity index (χ0v) is 6.30. The summed E-state index contributed by atoms with van der Waals surface area (Å²) in [6, 6.07) is 0. The van der Waals surface area contributed by atoms with Crippen molar-refractivity contribution in [3.05, 3.63) is 0 Å². The van der Waals surface area contributed by atoms with Gasteiger partial charge in [-0.25, -0.2) is 0 Å². The van der Waals surface area contributed by atoms with Crippen LogP contribution in [0.15, 0.2) is 0 Å². The quantitative estimate of drug-likeness (QED) is 0.325. The van der Waals surface area contributed by atoms with E-state index in [2.05, 4.69) is 31.0 Å². The van der Waals surface area contributed by atoms with Crippen molar-refractivity contribution in [2.24, 2.45) is 0 Å². The Balaban J connectivity index is 3.30. The van der Waals surface area contributed by atoms with Crippen molar-refractivity contribution in [2.75, 3.05) is 21.3 Å². The van der Waals surface area contributed by atoms with Gasteiger partial charge >= 0.3 is 0 Å². The van der Waals surface area contributed by atoms with Gasteiger partial charge < -0.3 is 14.5 Å². The van der Waals surface area contributed by atoms with E-state index in [9.17, 15) is 0 Å². The van der Waals surface area contributed by atoms with Crippen LogP contribution < -0.4 is 16.4 Å². The Kier molecular flexibility index (Phi) is 6.71. The highest BCUT2D eigenvalue weighted by molar-refractivity contribution is 4.38. The monoisotopic (exact) mass is 151 g/mol. The maximum atomic E-state index is 4.57. The molecule has 0 aromatic heterocycles. The smallest absolute Gasteiger partial charge is 0.177 e. The Morgan fingerprint density at radius 1 is 0.800 bits per heavy atom. The SMILES string of the molecule is CONC(NOC)NOC. The fourth-order valence-electron chi connectivity index (χ4n) is 0.426. The molecule has 0 atom stereocenters. The predicted molar refractivity (Wildman–Crippen MR) is 34.2 cm³/mol. The Morgan fingerprint density at radius 2 is 1.10 bits per heavy atom. The van der Waals surface area contributed by atoms with E-state index < -0.39 is 0 Å². The fourth-order valence-corrected chi connectivity index (χ4v) is 0.426. The van der Waals surface area contributed by atoms with E-state index in [-0.39, 0.29) is 6.29 Å². The lowest BCUT2D eigenvalue weighted by molar-refractivity contribution is -0.0941. The van der Waals surface area contributed by atoms with Crippen molar-refractivity contribution >= 4 is 0 Å². The molecule has 62 valence electrons. The number of hydroxylamine groups is 3. The molecular weight excluding hydrogens is 138 g/mol. The Labute approximate surface area is 59.7 Å². The van der Waals surface area contributed by atoms with Crippen LogP contribution >= 0.6 is 0 Å². The van der Waals surface area contributed by atoms with Gasteiger partial charge in [-0.3, -0.25) is 0 Å². The lowest BCUT2D eigenvalue weighted by Crippen LogP contribution is -2.51. The number of hydrogen-bond donors (Lipinski definition) is 3. The first kappa shape index (κ1) is 9.76. The number of nitrogens with one attached hydrogen (secondary N) is 3. The van der Waals surface area contributed by atoms with Gasteiger partial charge in [-0.05, 0) is 0 Å². The minimum atomic E-state index is -0.389. The summed E-state index contributed by atoms with van der Waals surface area (Å²) in [7, 11) is 4.46. The molecule has 0 spiro atoms.